The van der Waals surface area contributed by atoms with Crippen molar-refractivity contribution in [3.05, 3.63) is 36.0 Å². The highest BCUT2D eigenvalue weighted by molar-refractivity contribution is 5.94. The first kappa shape index (κ1) is 22.8. The molecule has 0 aliphatic carbocycles. The van der Waals surface area contributed by atoms with E-state index in [9.17, 15) is 18.0 Å². The number of ether oxygens (including phenoxy) is 2. The Balaban J connectivity index is 1.51. The van der Waals surface area contributed by atoms with Crippen molar-refractivity contribution in [2.45, 2.75) is 31.4 Å². The van der Waals surface area contributed by atoms with Gasteiger partial charge in [0.25, 0.3) is 5.91 Å². The Labute approximate surface area is 184 Å². The highest BCUT2D eigenvalue weighted by Gasteiger charge is 2.36. The quantitative estimate of drug-likeness (QED) is 0.768. The van der Waals surface area contributed by atoms with Crippen LogP contribution in [0.2, 0.25) is 0 Å². The summed E-state index contributed by atoms with van der Waals surface area (Å²) < 4.78 is 51.9. The summed E-state index contributed by atoms with van der Waals surface area (Å²) in [5.41, 5.74) is -0.271. The predicted octanol–water partition coefficient (Wildman–Crippen LogP) is 2.29. The normalized spacial score (nSPS) is 25.2. The Morgan fingerprint density at radius 1 is 1.25 bits per heavy atom. The minimum absolute atomic E-state index is 0.0836. The van der Waals surface area contributed by atoms with Gasteiger partial charge in [-0.05, 0) is 38.2 Å². The van der Waals surface area contributed by atoms with Gasteiger partial charge in [0.15, 0.2) is 6.10 Å². The number of aromatic nitrogens is 1. The first-order chi connectivity index (χ1) is 15.2. The zero-order valence-corrected chi connectivity index (χ0v) is 18.1. The van der Waals surface area contributed by atoms with Gasteiger partial charge in [0.1, 0.15) is 0 Å². The number of hydrogen-bond acceptors (Lipinski definition) is 6. The van der Waals surface area contributed by atoms with Gasteiger partial charge >= 0.3 is 6.18 Å². The molecule has 10 heteroatoms. The van der Waals surface area contributed by atoms with Crippen LogP contribution in [0.1, 0.15) is 12.5 Å². The van der Waals surface area contributed by atoms with E-state index in [0.717, 1.165) is 19.2 Å². The second-order valence-electron chi connectivity index (χ2n) is 8.37. The zero-order valence-electron chi connectivity index (χ0n) is 18.1. The SMILES string of the molecule is C[C@@H]1CN(c2ccc(C(F)(F)F)c3ncccc23)C[C@H](C(=O)NCC2CN(C)CCO2)O1. The molecule has 4 rings (SSSR count). The lowest BCUT2D eigenvalue weighted by molar-refractivity contribution is -0.138. The van der Waals surface area contributed by atoms with Crippen molar-refractivity contribution in [3.63, 3.8) is 0 Å². The van der Waals surface area contributed by atoms with Crippen molar-refractivity contribution >= 4 is 22.5 Å². The lowest BCUT2D eigenvalue weighted by Gasteiger charge is -2.38. The van der Waals surface area contributed by atoms with Crippen molar-refractivity contribution in [2.75, 3.05) is 51.3 Å². The summed E-state index contributed by atoms with van der Waals surface area (Å²) in [5, 5.41) is 3.30. The number of benzene rings is 1. The number of likely N-dealkylation sites (N-methyl/N-ethyl adjacent to an activating group) is 1. The number of fused-ring (bicyclic) bond motifs is 1. The van der Waals surface area contributed by atoms with Gasteiger partial charge in [-0.1, -0.05) is 0 Å². The van der Waals surface area contributed by atoms with Crippen LogP contribution in [0.25, 0.3) is 10.9 Å². The van der Waals surface area contributed by atoms with Gasteiger partial charge in [0, 0.05) is 43.4 Å². The molecule has 1 amide bonds. The van der Waals surface area contributed by atoms with Crippen LogP contribution in [0.3, 0.4) is 0 Å². The minimum Gasteiger partial charge on any atom is -0.374 e. The molecule has 3 atom stereocenters. The Kier molecular flexibility index (Phi) is 6.55. The third kappa shape index (κ3) is 4.97. The summed E-state index contributed by atoms with van der Waals surface area (Å²) in [7, 11) is 2.00. The fourth-order valence-electron chi connectivity index (χ4n) is 4.27. The summed E-state index contributed by atoms with van der Waals surface area (Å²) in [5.74, 6) is -0.257. The van der Waals surface area contributed by atoms with Crippen molar-refractivity contribution < 1.29 is 27.4 Å². The molecule has 1 aromatic carbocycles. The van der Waals surface area contributed by atoms with Gasteiger partial charge in [0.2, 0.25) is 0 Å². The molecule has 32 heavy (non-hydrogen) atoms. The van der Waals surface area contributed by atoms with Crippen LogP contribution < -0.4 is 10.2 Å². The zero-order chi connectivity index (χ0) is 22.9. The average molecular weight is 452 g/mol. The fourth-order valence-corrected chi connectivity index (χ4v) is 4.27. The minimum atomic E-state index is -4.50. The molecule has 174 valence electrons. The summed E-state index contributed by atoms with van der Waals surface area (Å²) >= 11 is 0. The topological polar surface area (TPSA) is 66.9 Å². The monoisotopic (exact) mass is 452 g/mol. The first-order valence-corrected chi connectivity index (χ1v) is 10.7. The Hall–Kier alpha value is -2.43. The van der Waals surface area contributed by atoms with Crippen LogP contribution in [0.4, 0.5) is 18.9 Å². The Morgan fingerprint density at radius 2 is 2.06 bits per heavy atom. The summed E-state index contributed by atoms with van der Waals surface area (Å²) in [6.07, 6.45) is -4.25. The number of hydrogen-bond donors (Lipinski definition) is 1. The highest BCUT2D eigenvalue weighted by Crippen LogP contribution is 2.38. The molecule has 1 unspecified atom stereocenters. The highest BCUT2D eigenvalue weighted by atomic mass is 19.4. The van der Waals surface area contributed by atoms with E-state index in [4.69, 9.17) is 9.47 Å². The van der Waals surface area contributed by atoms with Gasteiger partial charge in [0.05, 0.1) is 36.4 Å². The van der Waals surface area contributed by atoms with E-state index in [1.807, 2.05) is 18.9 Å². The summed E-state index contributed by atoms with van der Waals surface area (Å²) in [6.45, 7) is 5.13. The lowest BCUT2D eigenvalue weighted by Crippen LogP contribution is -2.54. The van der Waals surface area contributed by atoms with Gasteiger partial charge in [-0.3, -0.25) is 9.78 Å². The number of anilines is 1. The fraction of sp³-hybridized carbons (Fsp3) is 0.545. The van der Waals surface area contributed by atoms with Crippen molar-refractivity contribution in [1.82, 2.24) is 15.2 Å². The first-order valence-electron chi connectivity index (χ1n) is 10.7. The van der Waals surface area contributed by atoms with E-state index in [1.54, 1.807) is 12.1 Å². The lowest BCUT2D eigenvalue weighted by atomic mass is 10.0. The number of halogens is 3. The Bertz CT molecular complexity index is 971. The van der Waals surface area contributed by atoms with Gasteiger partial charge < -0.3 is 24.6 Å². The molecule has 7 nitrogen and oxygen atoms in total. The maximum atomic E-state index is 13.4. The number of alkyl halides is 3. The Morgan fingerprint density at radius 3 is 2.81 bits per heavy atom. The van der Waals surface area contributed by atoms with Crippen molar-refractivity contribution in [3.8, 4) is 0 Å². The number of amides is 1. The van der Waals surface area contributed by atoms with Crippen LogP contribution in [-0.2, 0) is 20.4 Å². The van der Waals surface area contributed by atoms with Gasteiger partial charge in [-0.2, -0.15) is 13.2 Å². The number of rotatable bonds is 4. The molecule has 0 spiro atoms. The molecule has 2 fully saturated rings. The third-order valence-corrected chi connectivity index (χ3v) is 5.79. The largest absolute Gasteiger partial charge is 0.418 e. The molecule has 2 aliphatic rings. The smallest absolute Gasteiger partial charge is 0.374 e. The van der Waals surface area contributed by atoms with Crippen LogP contribution in [0.5, 0.6) is 0 Å². The molecular weight excluding hydrogens is 425 g/mol. The van der Waals surface area contributed by atoms with Crippen LogP contribution in [-0.4, -0.2) is 80.5 Å². The molecule has 2 saturated heterocycles. The van der Waals surface area contributed by atoms with Crippen LogP contribution in [0, 0.1) is 0 Å². The predicted molar refractivity (Wildman–Crippen MR) is 114 cm³/mol. The molecule has 0 saturated carbocycles. The molecule has 3 heterocycles. The average Bonchev–Trinajstić information content (AvgIpc) is 2.75. The number of nitrogens with one attached hydrogen (secondary N) is 1. The van der Waals surface area contributed by atoms with E-state index < -0.39 is 17.8 Å². The van der Waals surface area contributed by atoms with Gasteiger partial charge in [-0.25, -0.2) is 0 Å². The summed E-state index contributed by atoms with van der Waals surface area (Å²) in [4.78, 5) is 20.8. The molecular formula is C22H27F3N4O3. The maximum Gasteiger partial charge on any atom is 0.418 e. The number of carbonyl (C=O) groups is 1. The number of pyridine rings is 1. The molecule has 2 aromatic rings. The van der Waals surface area contributed by atoms with E-state index in [-0.39, 0.29) is 30.2 Å². The molecule has 2 aliphatic heterocycles. The van der Waals surface area contributed by atoms with E-state index in [0.29, 0.717) is 30.8 Å². The second kappa shape index (κ2) is 9.21. The number of nitrogens with zero attached hydrogens (tertiary/aromatic N) is 3. The standard InChI is InChI=1S/C22H27F3N4O3/c1-14-11-29(13-19(32-14)21(30)27-10-15-12-28(2)8-9-31-15)18-6-5-17(22(23,24)25)20-16(18)4-3-7-26-20/h3-7,14-15,19H,8-13H2,1-2H3,(H,27,30)/t14-,15?,19-/m1/s1. The number of carbonyl (C=O) groups excluding carboxylic acids is 1. The molecule has 0 radical (unpaired) electrons. The van der Waals surface area contributed by atoms with Crippen molar-refractivity contribution in [1.29, 1.82) is 0 Å². The maximum absolute atomic E-state index is 13.4. The second-order valence-corrected chi connectivity index (χ2v) is 8.37. The number of morpholine rings is 2. The molecule has 0 bridgehead atoms. The van der Waals surface area contributed by atoms with E-state index in [1.165, 1.54) is 12.3 Å². The summed E-state index contributed by atoms with van der Waals surface area (Å²) in [6, 6.07) is 5.74. The van der Waals surface area contributed by atoms with Crippen LogP contribution in [0.15, 0.2) is 30.5 Å². The molecule has 1 N–H and O–H groups in total. The van der Waals surface area contributed by atoms with Gasteiger partial charge in [-0.15, -0.1) is 0 Å². The third-order valence-electron chi connectivity index (χ3n) is 5.79. The molecule has 1 aromatic heterocycles. The van der Waals surface area contributed by atoms with Crippen LogP contribution >= 0.6 is 0 Å². The van der Waals surface area contributed by atoms with E-state index >= 15 is 0 Å². The van der Waals surface area contributed by atoms with E-state index in [2.05, 4.69) is 15.2 Å². The van der Waals surface area contributed by atoms with Crippen molar-refractivity contribution in [2.24, 2.45) is 0 Å².